The number of carboxylic acids is 1. The molecule has 3 aromatic heterocycles. The summed E-state index contributed by atoms with van der Waals surface area (Å²) in [6.45, 7) is 3.87. The number of ether oxygens (including phenoxy) is 1. The van der Waals surface area contributed by atoms with Gasteiger partial charge in [-0.15, -0.1) is 0 Å². The van der Waals surface area contributed by atoms with Crippen molar-refractivity contribution < 1.29 is 14.6 Å². The zero-order valence-electron chi connectivity index (χ0n) is 20.8. The van der Waals surface area contributed by atoms with Crippen molar-refractivity contribution in [3.05, 3.63) is 48.2 Å². The first-order chi connectivity index (χ1) is 17.6. The molecule has 0 amide bonds. The molecule has 3 aromatic rings. The zero-order chi connectivity index (χ0) is 25.2. The molecule has 192 valence electrons. The molecule has 1 unspecified atom stereocenters. The fourth-order valence-electron chi connectivity index (χ4n) is 4.46. The van der Waals surface area contributed by atoms with Crippen LogP contribution in [-0.2, 0) is 22.4 Å². The van der Waals surface area contributed by atoms with Gasteiger partial charge in [0.2, 0.25) is 0 Å². The average molecular weight is 494 g/mol. The number of aliphatic carboxylic acids is 1. The maximum Gasteiger partial charge on any atom is 0.326 e. The van der Waals surface area contributed by atoms with Crippen LogP contribution >= 0.6 is 0 Å². The average Bonchev–Trinajstić information content (AvgIpc) is 2.91. The summed E-state index contributed by atoms with van der Waals surface area (Å²) in [6.07, 6.45) is 10.4. The van der Waals surface area contributed by atoms with E-state index in [1.165, 1.54) is 11.9 Å². The molecule has 1 atom stereocenters. The Morgan fingerprint density at radius 3 is 3.00 bits per heavy atom. The van der Waals surface area contributed by atoms with Gasteiger partial charge in [-0.1, -0.05) is 6.07 Å². The van der Waals surface area contributed by atoms with Crippen molar-refractivity contribution in [1.29, 1.82) is 0 Å². The second-order valence-electron chi connectivity index (χ2n) is 9.07. The van der Waals surface area contributed by atoms with E-state index in [9.17, 15) is 9.90 Å². The first-order valence-corrected chi connectivity index (χ1v) is 12.6. The third-order valence-corrected chi connectivity index (χ3v) is 6.50. The lowest BCUT2D eigenvalue weighted by Crippen LogP contribution is -2.37. The van der Waals surface area contributed by atoms with Gasteiger partial charge in [-0.05, 0) is 62.8 Å². The van der Waals surface area contributed by atoms with E-state index in [4.69, 9.17) is 9.72 Å². The molecule has 0 fully saturated rings. The van der Waals surface area contributed by atoms with Gasteiger partial charge < -0.3 is 25.4 Å². The molecule has 0 saturated heterocycles. The Morgan fingerprint density at radius 1 is 1.22 bits per heavy atom. The molecule has 10 heteroatoms. The Balaban J connectivity index is 1.29. The molecule has 0 aromatic carbocycles. The summed E-state index contributed by atoms with van der Waals surface area (Å²) in [4.78, 5) is 31.6. The molecule has 0 aliphatic carbocycles. The molecule has 4 rings (SSSR count). The van der Waals surface area contributed by atoms with Gasteiger partial charge in [0.25, 0.3) is 0 Å². The molecule has 1 aliphatic rings. The summed E-state index contributed by atoms with van der Waals surface area (Å²) in [6, 6.07) is 5.36. The fraction of sp³-hybridized carbons (Fsp3) is 0.500. The highest BCUT2D eigenvalue weighted by Gasteiger charge is 2.20. The highest BCUT2D eigenvalue weighted by Crippen LogP contribution is 2.21. The van der Waals surface area contributed by atoms with E-state index >= 15 is 0 Å². The lowest BCUT2D eigenvalue weighted by atomic mass is 10.1. The number of aryl methyl sites for hydroxylation is 2. The van der Waals surface area contributed by atoms with E-state index in [0.29, 0.717) is 30.9 Å². The number of anilines is 2. The van der Waals surface area contributed by atoms with Gasteiger partial charge in [0.1, 0.15) is 24.0 Å². The Bertz CT molecular complexity index is 1140. The SMILES string of the molecule is COCCN(CCCCc1ccc2c(n1)NCCC2)CCC(Nc1ncnc2cnccc12)C(=O)O. The van der Waals surface area contributed by atoms with Crippen molar-refractivity contribution in [3.8, 4) is 0 Å². The largest absolute Gasteiger partial charge is 0.480 e. The maximum absolute atomic E-state index is 12.0. The van der Waals surface area contributed by atoms with Crippen molar-refractivity contribution in [2.24, 2.45) is 0 Å². The van der Waals surface area contributed by atoms with Crippen LogP contribution in [-0.4, -0.2) is 81.8 Å². The van der Waals surface area contributed by atoms with Gasteiger partial charge in [0.15, 0.2) is 0 Å². The number of aromatic nitrogens is 4. The highest BCUT2D eigenvalue weighted by molar-refractivity contribution is 5.90. The van der Waals surface area contributed by atoms with Gasteiger partial charge in [-0.3, -0.25) is 4.98 Å². The number of carbonyl (C=O) groups is 1. The number of nitrogens with one attached hydrogen (secondary N) is 2. The molecule has 0 spiro atoms. The number of carboxylic acid groups (broad SMARTS) is 1. The van der Waals surface area contributed by atoms with E-state index in [1.54, 1.807) is 25.6 Å². The topological polar surface area (TPSA) is 125 Å². The van der Waals surface area contributed by atoms with Crippen LogP contribution in [0.3, 0.4) is 0 Å². The molecule has 3 N–H and O–H groups in total. The number of unbranched alkanes of at least 4 members (excludes halogenated alkanes) is 1. The predicted molar refractivity (Wildman–Crippen MR) is 139 cm³/mol. The first kappa shape index (κ1) is 25.7. The van der Waals surface area contributed by atoms with Gasteiger partial charge in [-0.2, -0.15) is 0 Å². The number of hydrogen-bond donors (Lipinski definition) is 3. The molecule has 36 heavy (non-hydrogen) atoms. The molecule has 0 saturated carbocycles. The van der Waals surface area contributed by atoms with Crippen LogP contribution in [0.1, 0.15) is 36.9 Å². The summed E-state index contributed by atoms with van der Waals surface area (Å²) >= 11 is 0. The normalized spacial score (nSPS) is 13.8. The van der Waals surface area contributed by atoms with E-state index in [2.05, 4.69) is 42.6 Å². The van der Waals surface area contributed by atoms with Gasteiger partial charge >= 0.3 is 5.97 Å². The lowest BCUT2D eigenvalue weighted by molar-refractivity contribution is -0.138. The third-order valence-electron chi connectivity index (χ3n) is 6.50. The standard InChI is InChI=1S/C26H35N7O3/c1-36-16-15-33(13-3-2-6-20-8-7-19-5-4-11-28-24(19)31-20)14-10-22(26(34)35)32-25-21-9-12-27-17-23(21)29-18-30-25/h7-9,12,17-18,22H,2-6,10-11,13-16H2,1H3,(H,28,31)(H,34,35)(H,29,30,32). The molecule has 1 aliphatic heterocycles. The first-order valence-electron chi connectivity index (χ1n) is 12.6. The van der Waals surface area contributed by atoms with Crippen molar-refractivity contribution in [2.75, 3.05) is 50.5 Å². The molecular weight excluding hydrogens is 458 g/mol. The minimum atomic E-state index is -0.908. The molecule has 4 heterocycles. The number of fused-ring (bicyclic) bond motifs is 2. The Morgan fingerprint density at radius 2 is 2.14 bits per heavy atom. The molecular formula is C26H35N7O3. The van der Waals surface area contributed by atoms with Gasteiger partial charge in [0.05, 0.1) is 18.3 Å². The number of hydrogen-bond acceptors (Lipinski definition) is 9. The fourth-order valence-corrected chi connectivity index (χ4v) is 4.46. The second-order valence-corrected chi connectivity index (χ2v) is 9.07. The van der Waals surface area contributed by atoms with Gasteiger partial charge in [0, 0.05) is 44.0 Å². The van der Waals surface area contributed by atoms with E-state index < -0.39 is 12.0 Å². The second kappa shape index (κ2) is 13.1. The smallest absolute Gasteiger partial charge is 0.326 e. The Labute approximate surface area is 211 Å². The van der Waals surface area contributed by atoms with Crippen LogP contribution < -0.4 is 10.6 Å². The monoisotopic (exact) mass is 493 g/mol. The van der Waals surface area contributed by atoms with Crippen LogP contribution in [0, 0.1) is 0 Å². The van der Waals surface area contributed by atoms with Crippen LogP contribution in [0.2, 0.25) is 0 Å². The van der Waals surface area contributed by atoms with Crippen molar-refractivity contribution in [1.82, 2.24) is 24.8 Å². The molecule has 10 nitrogen and oxygen atoms in total. The van der Waals surface area contributed by atoms with Crippen molar-refractivity contribution >= 4 is 28.5 Å². The number of rotatable bonds is 14. The number of nitrogens with zero attached hydrogens (tertiary/aromatic N) is 5. The number of methoxy groups -OCH3 is 1. The Hall–Kier alpha value is -3.37. The van der Waals surface area contributed by atoms with Crippen LogP contribution in [0.25, 0.3) is 10.9 Å². The summed E-state index contributed by atoms with van der Waals surface area (Å²) in [7, 11) is 1.69. The van der Waals surface area contributed by atoms with Crippen LogP contribution in [0.4, 0.5) is 11.6 Å². The molecule has 0 bridgehead atoms. The third kappa shape index (κ3) is 7.08. The molecule has 0 radical (unpaired) electrons. The predicted octanol–water partition coefficient (Wildman–Crippen LogP) is 3.00. The quantitative estimate of drug-likeness (QED) is 0.289. The minimum Gasteiger partial charge on any atom is -0.480 e. The Kier molecular flexibility index (Phi) is 9.34. The summed E-state index contributed by atoms with van der Waals surface area (Å²) < 4.78 is 5.29. The van der Waals surface area contributed by atoms with Crippen molar-refractivity contribution in [3.63, 3.8) is 0 Å². The number of pyridine rings is 2. The van der Waals surface area contributed by atoms with Crippen molar-refractivity contribution in [2.45, 2.75) is 44.6 Å². The van der Waals surface area contributed by atoms with Crippen LogP contribution in [0.15, 0.2) is 36.9 Å². The summed E-state index contributed by atoms with van der Waals surface area (Å²) in [5.74, 6) is 0.639. The lowest BCUT2D eigenvalue weighted by Gasteiger charge is -2.24. The highest BCUT2D eigenvalue weighted by atomic mass is 16.5. The minimum absolute atomic E-state index is 0.438. The van der Waals surface area contributed by atoms with Crippen LogP contribution in [0.5, 0.6) is 0 Å². The maximum atomic E-state index is 12.0. The summed E-state index contributed by atoms with van der Waals surface area (Å²) in [5.41, 5.74) is 3.10. The zero-order valence-corrected chi connectivity index (χ0v) is 20.8. The van der Waals surface area contributed by atoms with E-state index in [-0.39, 0.29) is 0 Å². The summed E-state index contributed by atoms with van der Waals surface area (Å²) in [5, 5.41) is 17.1. The van der Waals surface area contributed by atoms with E-state index in [0.717, 1.165) is 68.6 Å². The van der Waals surface area contributed by atoms with E-state index in [1.807, 2.05) is 0 Å². The van der Waals surface area contributed by atoms with Gasteiger partial charge in [-0.25, -0.2) is 19.7 Å².